The molecule has 1 aliphatic rings. The van der Waals surface area contributed by atoms with Gasteiger partial charge in [0.25, 0.3) is 0 Å². The van der Waals surface area contributed by atoms with Crippen molar-refractivity contribution < 1.29 is 13.9 Å². The van der Waals surface area contributed by atoms with Crippen LogP contribution in [0.4, 0.5) is 10.1 Å². The van der Waals surface area contributed by atoms with Crippen LogP contribution in [0.15, 0.2) is 18.3 Å². The number of halogens is 1. The summed E-state index contributed by atoms with van der Waals surface area (Å²) in [5, 5.41) is 0. The highest BCUT2D eigenvalue weighted by molar-refractivity contribution is 5.74. The lowest BCUT2D eigenvalue weighted by atomic mass is 10.1. The lowest BCUT2D eigenvalue weighted by Gasteiger charge is -2.17. The van der Waals surface area contributed by atoms with Crippen LogP contribution >= 0.6 is 0 Å². The Labute approximate surface area is 93.0 Å². The van der Waals surface area contributed by atoms with E-state index in [1.165, 1.54) is 19.4 Å². The Morgan fingerprint density at radius 3 is 3.19 bits per heavy atom. The molecule has 4 nitrogen and oxygen atoms in total. The Hall–Kier alpha value is -1.65. The van der Waals surface area contributed by atoms with E-state index in [0.29, 0.717) is 6.54 Å². The van der Waals surface area contributed by atoms with Gasteiger partial charge in [0, 0.05) is 31.0 Å². The number of carbonyl (C=O) groups is 1. The number of ether oxygens (including phenoxy) is 1. The van der Waals surface area contributed by atoms with Gasteiger partial charge in [-0.1, -0.05) is 0 Å². The second-order valence-electron chi connectivity index (χ2n) is 3.79. The minimum absolute atomic E-state index is 0.110. The quantitative estimate of drug-likeness (QED) is 0.559. The first-order chi connectivity index (χ1) is 7.70. The van der Waals surface area contributed by atoms with Gasteiger partial charge in [0.05, 0.1) is 13.0 Å². The molecule has 1 atom stereocenters. The van der Waals surface area contributed by atoms with Crippen LogP contribution in [-0.2, 0) is 9.53 Å². The molecule has 0 unspecified atom stereocenters. The molecule has 86 valence electrons. The van der Waals surface area contributed by atoms with Crippen molar-refractivity contribution in [2.75, 3.05) is 25.1 Å². The largest absolute Gasteiger partial charge is 0.469 e. The number of methoxy groups -OCH3 is 1. The van der Waals surface area contributed by atoms with E-state index in [1.807, 2.05) is 4.90 Å². The van der Waals surface area contributed by atoms with Gasteiger partial charge in [0.1, 0.15) is 0 Å². The summed E-state index contributed by atoms with van der Waals surface area (Å²) in [6.07, 6.45) is 2.17. The maximum absolute atomic E-state index is 12.9. The van der Waals surface area contributed by atoms with Crippen molar-refractivity contribution in [1.29, 1.82) is 0 Å². The first-order valence-corrected chi connectivity index (χ1v) is 5.15. The fourth-order valence-corrected chi connectivity index (χ4v) is 1.94. The molecule has 1 aromatic rings. The molecule has 1 fully saturated rings. The number of aromatic nitrogens is 1. The highest BCUT2D eigenvalue weighted by Crippen LogP contribution is 2.24. The molecule has 0 amide bonds. The standard InChI is InChI=1S/C11H13FN2O2/c1-16-11(15)8-3-5-14(7-8)9-2-4-13-10(12)6-9/h2,4,6,8H,3,5,7H2,1H3/t8-/m1/s1. The molecular weight excluding hydrogens is 211 g/mol. The minimum Gasteiger partial charge on any atom is -0.469 e. The zero-order chi connectivity index (χ0) is 11.5. The summed E-state index contributed by atoms with van der Waals surface area (Å²) in [5.74, 6) is -0.808. The summed E-state index contributed by atoms with van der Waals surface area (Å²) < 4.78 is 17.6. The smallest absolute Gasteiger partial charge is 0.310 e. The van der Waals surface area contributed by atoms with Crippen molar-refractivity contribution in [3.63, 3.8) is 0 Å². The summed E-state index contributed by atoms with van der Waals surface area (Å²) in [7, 11) is 1.39. The van der Waals surface area contributed by atoms with Crippen LogP contribution < -0.4 is 4.90 Å². The van der Waals surface area contributed by atoms with E-state index in [0.717, 1.165) is 18.7 Å². The van der Waals surface area contributed by atoms with Crippen molar-refractivity contribution in [2.24, 2.45) is 5.92 Å². The van der Waals surface area contributed by atoms with Gasteiger partial charge < -0.3 is 9.64 Å². The Morgan fingerprint density at radius 2 is 2.50 bits per heavy atom. The minimum atomic E-state index is -0.501. The predicted molar refractivity (Wildman–Crippen MR) is 56.5 cm³/mol. The average molecular weight is 224 g/mol. The summed E-state index contributed by atoms with van der Waals surface area (Å²) in [6.45, 7) is 1.32. The zero-order valence-electron chi connectivity index (χ0n) is 9.02. The normalized spacial score (nSPS) is 19.9. The van der Waals surface area contributed by atoms with E-state index in [2.05, 4.69) is 4.98 Å². The van der Waals surface area contributed by atoms with Gasteiger partial charge in [0.2, 0.25) is 5.95 Å². The molecule has 1 aliphatic heterocycles. The highest BCUT2D eigenvalue weighted by atomic mass is 19.1. The molecule has 0 aromatic carbocycles. The molecule has 2 heterocycles. The molecule has 1 saturated heterocycles. The lowest BCUT2D eigenvalue weighted by Crippen LogP contribution is -2.23. The maximum Gasteiger partial charge on any atom is 0.310 e. The Balaban J connectivity index is 2.06. The van der Waals surface area contributed by atoms with Gasteiger partial charge in [-0.2, -0.15) is 4.39 Å². The summed E-state index contributed by atoms with van der Waals surface area (Å²) in [4.78, 5) is 16.8. The van der Waals surface area contributed by atoms with Gasteiger partial charge in [0.15, 0.2) is 0 Å². The van der Waals surface area contributed by atoms with Crippen LogP contribution in [-0.4, -0.2) is 31.2 Å². The van der Waals surface area contributed by atoms with Crippen LogP contribution in [0.1, 0.15) is 6.42 Å². The third-order valence-corrected chi connectivity index (χ3v) is 2.80. The first-order valence-electron chi connectivity index (χ1n) is 5.15. The van der Waals surface area contributed by atoms with Crippen molar-refractivity contribution in [3.8, 4) is 0 Å². The lowest BCUT2D eigenvalue weighted by molar-refractivity contribution is -0.144. The van der Waals surface area contributed by atoms with Gasteiger partial charge in [-0.05, 0) is 12.5 Å². The molecule has 0 radical (unpaired) electrons. The molecule has 0 aliphatic carbocycles. The van der Waals surface area contributed by atoms with Crippen LogP contribution in [0.25, 0.3) is 0 Å². The van der Waals surface area contributed by atoms with Crippen molar-refractivity contribution in [2.45, 2.75) is 6.42 Å². The molecular formula is C11H13FN2O2. The van der Waals surface area contributed by atoms with E-state index < -0.39 is 5.95 Å². The second kappa shape index (κ2) is 4.47. The molecule has 0 bridgehead atoms. The summed E-state index contributed by atoms with van der Waals surface area (Å²) >= 11 is 0. The Kier molecular flexibility index (Phi) is 3.03. The second-order valence-corrected chi connectivity index (χ2v) is 3.79. The van der Waals surface area contributed by atoms with Crippen molar-refractivity contribution in [1.82, 2.24) is 4.98 Å². The molecule has 0 spiro atoms. The van der Waals surface area contributed by atoms with Crippen LogP contribution in [0.5, 0.6) is 0 Å². The van der Waals surface area contributed by atoms with E-state index in [-0.39, 0.29) is 11.9 Å². The van der Waals surface area contributed by atoms with Crippen LogP contribution in [0.2, 0.25) is 0 Å². The van der Waals surface area contributed by atoms with E-state index in [1.54, 1.807) is 6.07 Å². The fourth-order valence-electron chi connectivity index (χ4n) is 1.94. The van der Waals surface area contributed by atoms with Crippen molar-refractivity contribution in [3.05, 3.63) is 24.3 Å². The molecule has 0 saturated carbocycles. The molecule has 0 N–H and O–H groups in total. The molecule has 16 heavy (non-hydrogen) atoms. The van der Waals surface area contributed by atoms with Gasteiger partial charge in [-0.3, -0.25) is 4.79 Å². The Morgan fingerprint density at radius 1 is 1.69 bits per heavy atom. The average Bonchev–Trinajstić information content (AvgIpc) is 2.77. The number of carbonyl (C=O) groups excluding carboxylic acids is 1. The number of hydrogen-bond acceptors (Lipinski definition) is 4. The SMILES string of the molecule is COC(=O)[C@@H]1CCN(c2ccnc(F)c2)C1. The topological polar surface area (TPSA) is 42.4 Å². The van der Waals surface area contributed by atoms with Crippen LogP contribution in [0, 0.1) is 11.9 Å². The number of rotatable bonds is 2. The van der Waals surface area contributed by atoms with E-state index in [9.17, 15) is 9.18 Å². The van der Waals surface area contributed by atoms with Crippen molar-refractivity contribution >= 4 is 11.7 Å². The molecule has 1 aromatic heterocycles. The van der Waals surface area contributed by atoms with Gasteiger partial charge in [-0.25, -0.2) is 4.98 Å². The zero-order valence-corrected chi connectivity index (χ0v) is 9.02. The third-order valence-electron chi connectivity index (χ3n) is 2.80. The Bertz CT molecular complexity index is 397. The summed E-state index contributed by atoms with van der Waals surface area (Å²) in [6, 6.07) is 3.11. The number of esters is 1. The fraction of sp³-hybridized carbons (Fsp3) is 0.455. The molecule has 5 heteroatoms. The van der Waals surface area contributed by atoms with Gasteiger partial charge in [-0.15, -0.1) is 0 Å². The van der Waals surface area contributed by atoms with Gasteiger partial charge >= 0.3 is 5.97 Å². The number of anilines is 1. The highest BCUT2D eigenvalue weighted by Gasteiger charge is 2.29. The summed E-state index contributed by atoms with van der Waals surface area (Å²) in [5.41, 5.74) is 0.763. The number of nitrogens with zero attached hydrogens (tertiary/aromatic N) is 2. The van der Waals surface area contributed by atoms with E-state index >= 15 is 0 Å². The third kappa shape index (κ3) is 2.13. The molecule has 2 rings (SSSR count). The number of hydrogen-bond donors (Lipinski definition) is 0. The first kappa shape index (κ1) is 10.9. The van der Waals surface area contributed by atoms with E-state index in [4.69, 9.17) is 4.74 Å². The monoisotopic (exact) mass is 224 g/mol. The predicted octanol–water partition coefficient (Wildman–Crippen LogP) is 1.22. The maximum atomic E-state index is 12.9. The number of pyridine rings is 1. The van der Waals surface area contributed by atoms with Crippen LogP contribution in [0.3, 0.4) is 0 Å².